The Bertz CT molecular complexity index is 465. The van der Waals surface area contributed by atoms with Crippen LogP contribution in [0.4, 0.5) is 17.3 Å². The molecule has 19 heavy (non-hydrogen) atoms. The van der Waals surface area contributed by atoms with Gasteiger partial charge in [-0.05, 0) is 26.1 Å². The molecule has 0 spiro atoms. The summed E-state index contributed by atoms with van der Waals surface area (Å²) in [5.41, 5.74) is 0.0727. The minimum Gasteiger partial charge on any atom is -0.373 e. The van der Waals surface area contributed by atoms with E-state index in [4.69, 9.17) is 0 Å². The Morgan fingerprint density at radius 3 is 2.79 bits per heavy atom. The van der Waals surface area contributed by atoms with Crippen molar-refractivity contribution in [2.24, 2.45) is 0 Å². The van der Waals surface area contributed by atoms with Gasteiger partial charge in [0.1, 0.15) is 5.82 Å². The molecule has 2 heterocycles. The fourth-order valence-electron chi connectivity index (χ4n) is 2.21. The van der Waals surface area contributed by atoms with Gasteiger partial charge in [-0.25, -0.2) is 4.98 Å². The van der Waals surface area contributed by atoms with Gasteiger partial charge in [-0.2, -0.15) is 0 Å². The number of rotatable bonds is 3. The third kappa shape index (κ3) is 3.11. The number of nitrogens with one attached hydrogen (secondary N) is 1. The highest BCUT2D eigenvalue weighted by molar-refractivity contribution is 5.61. The van der Waals surface area contributed by atoms with Crippen LogP contribution in [0.15, 0.2) is 12.1 Å². The molecule has 1 aliphatic heterocycles. The molecule has 0 aliphatic carbocycles. The van der Waals surface area contributed by atoms with Crippen molar-refractivity contribution in [3.05, 3.63) is 22.2 Å². The second-order valence-electron chi connectivity index (χ2n) is 4.69. The van der Waals surface area contributed by atoms with E-state index in [-0.39, 0.29) is 10.6 Å². The standard InChI is InChI=1S/C12H19N5O2/c1-13-11-5-4-10(17(18)19)12(14-11)16-7-3-6-15(2)8-9-16/h4-5H,3,6-9H2,1-2H3,(H,13,14). The molecule has 104 valence electrons. The first kappa shape index (κ1) is 13.5. The lowest BCUT2D eigenvalue weighted by Crippen LogP contribution is -2.30. The maximum atomic E-state index is 11.1. The Hall–Kier alpha value is -1.89. The molecule has 1 aliphatic rings. The summed E-state index contributed by atoms with van der Waals surface area (Å²) in [6, 6.07) is 3.15. The Morgan fingerprint density at radius 2 is 2.11 bits per heavy atom. The fraction of sp³-hybridized carbons (Fsp3) is 0.583. The highest BCUT2D eigenvalue weighted by atomic mass is 16.6. The van der Waals surface area contributed by atoms with Crippen LogP contribution in [-0.2, 0) is 0 Å². The average Bonchev–Trinajstić information content (AvgIpc) is 2.62. The van der Waals surface area contributed by atoms with Crippen LogP contribution in [0.3, 0.4) is 0 Å². The Kier molecular flexibility index (Phi) is 4.16. The normalized spacial score (nSPS) is 17.1. The molecule has 0 bridgehead atoms. The highest BCUT2D eigenvalue weighted by Crippen LogP contribution is 2.28. The highest BCUT2D eigenvalue weighted by Gasteiger charge is 2.23. The molecule has 0 aromatic carbocycles. The zero-order valence-electron chi connectivity index (χ0n) is 11.3. The average molecular weight is 265 g/mol. The molecular weight excluding hydrogens is 246 g/mol. The summed E-state index contributed by atoms with van der Waals surface area (Å²) in [7, 11) is 3.82. The second kappa shape index (κ2) is 5.83. The molecule has 1 fully saturated rings. The number of nitro groups is 1. The summed E-state index contributed by atoms with van der Waals surface area (Å²) < 4.78 is 0. The molecule has 0 radical (unpaired) electrons. The topological polar surface area (TPSA) is 74.5 Å². The van der Waals surface area contributed by atoms with Crippen LogP contribution < -0.4 is 10.2 Å². The van der Waals surface area contributed by atoms with E-state index in [1.807, 2.05) is 4.90 Å². The Morgan fingerprint density at radius 1 is 1.32 bits per heavy atom. The van der Waals surface area contributed by atoms with Crippen molar-refractivity contribution in [2.45, 2.75) is 6.42 Å². The molecule has 7 nitrogen and oxygen atoms in total. The summed E-state index contributed by atoms with van der Waals surface area (Å²) >= 11 is 0. The van der Waals surface area contributed by atoms with Gasteiger partial charge in [-0.3, -0.25) is 10.1 Å². The van der Waals surface area contributed by atoms with Gasteiger partial charge in [0.2, 0.25) is 5.82 Å². The molecule has 1 N–H and O–H groups in total. The quantitative estimate of drug-likeness (QED) is 0.653. The number of pyridine rings is 1. The van der Waals surface area contributed by atoms with E-state index in [2.05, 4.69) is 22.2 Å². The van der Waals surface area contributed by atoms with E-state index < -0.39 is 0 Å². The molecule has 0 atom stereocenters. The van der Waals surface area contributed by atoms with Crippen LogP contribution in [0.5, 0.6) is 0 Å². The number of hydrogen-bond donors (Lipinski definition) is 1. The van der Waals surface area contributed by atoms with Crippen molar-refractivity contribution in [1.82, 2.24) is 9.88 Å². The van der Waals surface area contributed by atoms with Crippen molar-refractivity contribution in [1.29, 1.82) is 0 Å². The number of anilines is 2. The van der Waals surface area contributed by atoms with Gasteiger partial charge in [0.25, 0.3) is 0 Å². The summed E-state index contributed by atoms with van der Waals surface area (Å²) in [6.45, 7) is 3.46. The van der Waals surface area contributed by atoms with E-state index in [0.717, 1.165) is 32.6 Å². The van der Waals surface area contributed by atoms with E-state index in [0.29, 0.717) is 11.6 Å². The SMILES string of the molecule is CNc1ccc([N+](=O)[O-])c(N2CCCN(C)CC2)n1. The van der Waals surface area contributed by atoms with Crippen LogP contribution >= 0.6 is 0 Å². The molecule has 1 aromatic rings. The maximum Gasteiger partial charge on any atom is 0.311 e. The van der Waals surface area contributed by atoms with Crippen LogP contribution in [0, 0.1) is 10.1 Å². The van der Waals surface area contributed by atoms with Gasteiger partial charge in [-0.1, -0.05) is 0 Å². The van der Waals surface area contributed by atoms with Crippen molar-refractivity contribution in [3.63, 3.8) is 0 Å². The second-order valence-corrected chi connectivity index (χ2v) is 4.69. The number of hydrogen-bond acceptors (Lipinski definition) is 6. The molecule has 7 heteroatoms. The molecular formula is C12H19N5O2. The van der Waals surface area contributed by atoms with Crippen molar-refractivity contribution >= 4 is 17.3 Å². The van der Waals surface area contributed by atoms with E-state index in [1.54, 1.807) is 13.1 Å². The van der Waals surface area contributed by atoms with Gasteiger partial charge < -0.3 is 15.1 Å². The maximum absolute atomic E-state index is 11.1. The summed E-state index contributed by atoms with van der Waals surface area (Å²) in [5.74, 6) is 1.12. The molecule has 1 aromatic heterocycles. The molecule has 1 saturated heterocycles. The van der Waals surface area contributed by atoms with E-state index in [1.165, 1.54) is 6.07 Å². The third-order valence-electron chi connectivity index (χ3n) is 3.33. The first-order chi connectivity index (χ1) is 9.11. The van der Waals surface area contributed by atoms with E-state index >= 15 is 0 Å². The first-order valence-electron chi connectivity index (χ1n) is 6.38. The van der Waals surface area contributed by atoms with Gasteiger partial charge in [-0.15, -0.1) is 0 Å². The third-order valence-corrected chi connectivity index (χ3v) is 3.33. The van der Waals surface area contributed by atoms with Gasteiger partial charge in [0.15, 0.2) is 0 Å². The van der Waals surface area contributed by atoms with Gasteiger partial charge in [0.05, 0.1) is 4.92 Å². The van der Waals surface area contributed by atoms with Crippen molar-refractivity contribution < 1.29 is 4.92 Å². The van der Waals surface area contributed by atoms with Crippen molar-refractivity contribution in [2.75, 3.05) is 50.5 Å². The Balaban J connectivity index is 2.32. The largest absolute Gasteiger partial charge is 0.373 e. The lowest BCUT2D eigenvalue weighted by molar-refractivity contribution is -0.384. The first-order valence-corrected chi connectivity index (χ1v) is 6.38. The van der Waals surface area contributed by atoms with Gasteiger partial charge >= 0.3 is 5.69 Å². The van der Waals surface area contributed by atoms with Gasteiger partial charge in [0, 0.05) is 32.7 Å². The van der Waals surface area contributed by atoms with Crippen LogP contribution in [0.2, 0.25) is 0 Å². The molecule has 2 rings (SSSR count). The molecule has 0 saturated carbocycles. The van der Waals surface area contributed by atoms with Crippen LogP contribution in [-0.4, -0.2) is 55.1 Å². The smallest absolute Gasteiger partial charge is 0.311 e. The van der Waals surface area contributed by atoms with E-state index in [9.17, 15) is 10.1 Å². The predicted octanol–water partition coefficient (Wildman–Crippen LogP) is 1.17. The summed E-state index contributed by atoms with van der Waals surface area (Å²) in [6.07, 6.45) is 0.985. The molecule has 0 amide bonds. The monoisotopic (exact) mass is 265 g/mol. The number of nitrogens with zero attached hydrogens (tertiary/aromatic N) is 4. The summed E-state index contributed by atoms with van der Waals surface area (Å²) in [5, 5.41) is 14.0. The lowest BCUT2D eigenvalue weighted by atomic mass is 10.3. The Labute approximate surface area is 112 Å². The minimum absolute atomic E-state index is 0.0727. The zero-order chi connectivity index (χ0) is 13.8. The molecule has 0 unspecified atom stereocenters. The lowest BCUT2D eigenvalue weighted by Gasteiger charge is -2.21. The zero-order valence-corrected chi connectivity index (χ0v) is 11.3. The fourth-order valence-corrected chi connectivity index (χ4v) is 2.21. The minimum atomic E-state index is -0.365. The van der Waals surface area contributed by atoms with Crippen molar-refractivity contribution in [3.8, 4) is 0 Å². The predicted molar refractivity (Wildman–Crippen MR) is 74.8 cm³/mol. The van der Waals surface area contributed by atoms with Crippen LogP contribution in [0.1, 0.15) is 6.42 Å². The summed E-state index contributed by atoms with van der Waals surface area (Å²) in [4.78, 5) is 19.3. The van der Waals surface area contributed by atoms with Crippen LogP contribution in [0.25, 0.3) is 0 Å². The number of aromatic nitrogens is 1. The number of likely N-dealkylation sites (N-methyl/N-ethyl adjacent to an activating group) is 1.